The van der Waals surface area contributed by atoms with Gasteiger partial charge < -0.3 is 10.1 Å². The van der Waals surface area contributed by atoms with Crippen molar-refractivity contribution in [1.82, 2.24) is 5.32 Å². The Kier molecular flexibility index (Phi) is 7.13. The van der Waals surface area contributed by atoms with Crippen LogP contribution in [0.5, 0.6) is 5.75 Å². The fraction of sp³-hybridized carbons (Fsp3) is 0.611. The van der Waals surface area contributed by atoms with Gasteiger partial charge in [0.2, 0.25) is 5.91 Å². The molecule has 0 bridgehead atoms. The van der Waals surface area contributed by atoms with E-state index in [-0.39, 0.29) is 5.91 Å². The van der Waals surface area contributed by atoms with Crippen molar-refractivity contribution in [3.05, 3.63) is 30.3 Å². The summed E-state index contributed by atoms with van der Waals surface area (Å²) in [7, 11) is 0. The number of carbonyl (C=O) groups is 1. The molecule has 3 nitrogen and oxygen atoms in total. The molecule has 1 aromatic carbocycles. The summed E-state index contributed by atoms with van der Waals surface area (Å²) >= 11 is 0. The van der Waals surface area contributed by atoms with Crippen LogP contribution in [0, 0.1) is 5.92 Å². The van der Waals surface area contributed by atoms with Crippen molar-refractivity contribution in [2.45, 2.75) is 51.4 Å². The first-order chi connectivity index (χ1) is 10.3. The lowest BCUT2D eigenvalue weighted by atomic mass is 9.86. The molecular formula is C18H27NO2. The summed E-state index contributed by atoms with van der Waals surface area (Å²) in [5, 5.41) is 2.93. The van der Waals surface area contributed by atoms with E-state index in [9.17, 15) is 4.79 Å². The number of hydrogen-bond acceptors (Lipinski definition) is 2. The zero-order chi connectivity index (χ0) is 14.8. The number of para-hydroxylation sites is 1. The van der Waals surface area contributed by atoms with Gasteiger partial charge in [0.1, 0.15) is 12.4 Å². The van der Waals surface area contributed by atoms with Crippen molar-refractivity contribution in [3.8, 4) is 5.75 Å². The quantitative estimate of drug-likeness (QED) is 0.736. The highest BCUT2D eigenvalue weighted by Crippen LogP contribution is 2.27. The Balaban J connectivity index is 1.47. The molecule has 1 saturated carbocycles. The van der Waals surface area contributed by atoms with Crippen molar-refractivity contribution in [1.29, 1.82) is 0 Å². The summed E-state index contributed by atoms with van der Waals surface area (Å²) in [6, 6.07) is 9.69. The Morgan fingerprint density at radius 2 is 1.90 bits per heavy atom. The highest BCUT2D eigenvalue weighted by atomic mass is 16.5. The van der Waals surface area contributed by atoms with Gasteiger partial charge >= 0.3 is 0 Å². The molecule has 1 fully saturated rings. The van der Waals surface area contributed by atoms with Crippen LogP contribution in [-0.4, -0.2) is 19.1 Å². The molecule has 0 atom stereocenters. The van der Waals surface area contributed by atoms with E-state index in [1.165, 1.54) is 38.5 Å². The minimum atomic E-state index is 0.155. The first-order valence-corrected chi connectivity index (χ1v) is 8.29. The van der Waals surface area contributed by atoms with E-state index in [0.29, 0.717) is 19.6 Å². The van der Waals surface area contributed by atoms with Crippen LogP contribution in [0.15, 0.2) is 30.3 Å². The van der Waals surface area contributed by atoms with E-state index in [1.54, 1.807) is 0 Å². The first kappa shape index (κ1) is 15.9. The molecule has 2 rings (SSSR count). The number of rotatable bonds is 8. The summed E-state index contributed by atoms with van der Waals surface area (Å²) in [6.07, 6.45) is 9.80. The zero-order valence-corrected chi connectivity index (χ0v) is 12.9. The molecule has 0 radical (unpaired) electrons. The fourth-order valence-corrected chi connectivity index (χ4v) is 2.99. The highest BCUT2D eigenvalue weighted by Gasteiger charge is 2.13. The van der Waals surface area contributed by atoms with Gasteiger partial charge in [0, 0.05) is 6.42 Å². The highest BCUT2D eigenvalue weighted by molar-refractivity contribution is 5.75. The molecule has 0 aromatic heterocycles. The second kappa shape index (κ2) is 9.43. The summed E-state index contributed by atoms with van der Waals surface area (Å²) in [5.41, 5.74) is 0. The van der Waals surface area contributed by atoms with Crippen LogP contribution >= 0.6 is 0 Å². The lowest BCUT2D eigenvalue weighted by Gasteiger charge is -2.21. The van der Waals surface area contributed by atoms with Crippen LogP contribution in [0.25, 0.3) is 0 Å². The molecule has 3 heteroatoms. The van der Waals surface area contributed by atoms with E-state index in [0.717, 1.165) is 18.1 Å². The van der Waals surface area contributed by atoms with Gasteiger partial charge in [-0.2, -0.15) is 0 Å². The molecule has 0 heterocycles. The molecule has 116 valence electrons. The van der Waals surface area contributed by atoms with Gasteiger partial charge in [-0.3, -0.25) is 4.79 Å². The third-order valence-electron chi connectivity index (χ3n) is 4.18. The first-order valence-electron chi connectivity index (χ1n) is 8.29. The number of hydrogen-bond donors (Lipinski definition) is 1. The molecule has 0 unspecified atom stereocenters. The largest absolute Gasteiger partial charge is 0.492 e. The van der Waals surface area contributed by atoms with E-state index in [4.69, 9.17) is 4.74 Å². The van der Waals surface area contributed by atoms with Crippen molar-refractivity contribution in [3.63, 3.8) is 0 Å². The Morgan fingerprint density at radius 3 is 2.67 bits per heavy atom. The lowest BCUT2D eigenvalue weighted by Crippen LogP contribution is -2.27. The number of benzene rings is 1. The molecule has 1 aliphatic rings. The molecule has 21 heavy (non-hydrogen) atoms. The molecule has 1 N–H and O–H groups in total. The van der Waals surface area contributed by atoms with Gasteiger partial charge in [0.25, 0.3) is 0 Å². The van der Waals surface area contributed by atoms with Crippen LogP contribution in [0.3, 0.4) is 0 Å². The second-order valence-corrected chi connectivity index (χ2v) is 5.91. The Bertz CT molecular complexity index is 399. The third kappa shape index (κ3) is 6.65. The monoisotopic (exact) mass is 289 g/mol. The average molecular weight is 289 g/mol. The van der Waals surface area contributed by atoms with Crippen LogP contribution < -0.4 is 10.1 Å². The van der Waals surface area contributed by atoms with E-state index < -0.39 is 0 Å². The summed E-state index contributed by atoms with van der Waals surface area (Å²) < 4.78 is 5.54. The summed E-state index contributed by atoms with van der Waals surface area (Å²) in [4.78, 5) is 11.7. The Labute approximate surface area is 128 Å². The molecule has 0 saturated heterocycles. The van der Waals surface area contributed by atoms with Crippen molar-refractivity contribution in [2.24, 2.45) is 5.92 Å². The lowest BCUT2D eigenvalue weighted by molar-refractivity contribution is -0.121. The number of carbonyl (C=O) groups excluding carboxylic acids is 1. The second-order valence-electron chi connectivity index (χ2n) is 5.91. The Hall–Kier alpha value is -1.51. The van der Waals surface area contributed by atoms with Gasteiger partial charge in [-0.1, -0.05) is 50.3 Å². The molecule has 1 amide bonds. The maximum Gasteiger partial charge on any atom is 0.220 e. The molecule has 1 aromatic rings. The average Bonchev–Trinajstić information content (AvgIpc) is 2.54. The third-order valence-corrected chi connectivity index (χ3v) is 4.18. The maximum absolute atomic E-state index is 11.7. The van der Waals surface area contributed by atoms with Crippen LogP contribution in [-0.2, 0) is 4.79 Å². The minimum absolute atomic E-state index is 0.155. The van der Waals surface area contributed by atoms with Gasteiger partial charge in [-0.05, 0) is 30.9 Å². The molecule has 0 spiro atoms. The number of nitrogens with one attached hydrogen (secondary N) is 1. The van der Waals surface area contributed by atoms with Crippen molar-refractivity contribution < 1.29 is 9.53 Å². The van der Waals surface area contributed by atoms with Crippen molar-refractivity contribution in [2.75, 3.05) is 13.2 Å². The molecule has 0 aliphatic heterocycles. The maximum atomic E-state index is 11.7. The predicted molar refractivity (Wildman–Crippen MR) is 85.4 cm³/mol. The van der Waals surface area contributed by atoms with Gasteiger partial charge in [-0.15, -0.1) is 0 Å². The fourth-order valence-electron chi connectivity index (χ4n) is 2.99. The van der Waals surface area contributed by atoms with Crippen molar-refractivity contribution >= 4 is 5.91 Å². The van der Waals surface area contributed by atoms with Crippen LogP contribution in [0.1, 0.15) is 51.4 Å². The summed E-state index contributed by atoms with van der Waals surface area (Å²) in [5.74, 6) is 1.87. The Morgan fingerprint density at radius 1 is 1.14 bits per heavy atom. The van der Waals surface area contributed by atoms with Gasteiger partial charge in [0.05, 0.1) is 6.54 Å². The van der Waals surface area contributed by atoms with E-state index in [2.05, 4.69) is 5.32 Å². The smallest absolute Gasteiger partial charge is 0.220 e. The van der Waals surface area contributed by atoms with Gasteiger partial charge in [-0.25, -0.2) is 0 Å². The van der Waals surface area contributed by atoms with Crippen LogP contribution in [0.2, 0.25) is 0 Å². The van der Waals surface area contributed by atoms with Crippen LogP contribution in [0.4, 0.5) is 0 Å². The molecular weight excluding hydrogens is 262 g/mol. The normalized spacial score (nSPS) is 15.6. The SMILES string of the molecule is O=C(CCCC1CCCCC1)NCCOc1ccccc1. The minimum Gasteiger partial charge on any atom is -0.492 e. The van der Waals surface area contributed by atoms with E-state index in [1.807, 2.05) is 30.3 Å². The topological polar surface area (TPSA) is 38.3 Å². The van der Waals surface area contributed by atoms with E-state index >= 15 is 0 Å². The zero-order valence-electron chi connectivity index (χ0n) is 12.9. The predicted octanol–water partition coefficient (Wildman–Crippen LogP) is 3.93. The standard InChI is InChI=1S/C18H27NO2/c20-18(13-7-10-16-8-3-1-4-9-16)19-14-15-21-17-11-5-2-6-12-17/h2,5-6,11-12,16H,1,3-4,7-10,13-15H2,(H,19,20). The molecule has 1 aliphatic carbocycles. The number of ether oxygens (including phenoxy) is 1. The number of amides is 1. The van der Waals surface area contributed by atoms with Gasteiger partial charge in [0.15, 0.2) is 0 Å². The summed E-state index contributed by atoms with van der Waals surface area (Å²) in [6.45, 7) is 1.11.